The predicted octanol–water partition coefficient (Wildman–Crippen LogP) is 3.76. The lowest BCUT2D eigenvalue weighted by molar-refractivity contribution is -0.127. The van der Waals surface area contributed by atoms with Gasteiger partial charge in [0.05, 0.1) is 13.2 Å². The van der Waals surface area contributed by atoms with Crippen LogP contribution < -0.4 is 15.0 Å². The second-order valence-corrected chi connectivity index (χ2v) is 7.25. The molecule has 1 atom stereocenters. The van der Waals surface area contributed by atoms with E-state index in [0.29, 0.717) is 12.3 Å². The molecule has 3 aromatic carbocycles. The van der Waals surface area contributed by atoms with Crippen molar-refractivity contribution in [2.45, 2.75) is 19.6 Å². The Kier molecular flexibility index (Phi) is 5.96. The first kappa shape index (κ1) is 19.3. The van der Waals surface area contributed by atoms with Crippen LogP contribution in [0, 0.1) is 0 Å². The van der Waals surface area contributed by atoms with Gasteiger partial charge in [-0.25, -0.2) is 0 Å². The van der Waals surface area contributed by atoms with E-state index in [2.05, 4.69) is 40.5 Å². The minimum Gasteiger partial charge on any atom is -0.481 e. The lowest BCUT2D eigenvalue weighted by Gasteiger charge is -2.28. The van der Waals surface area contributed by atoms with Gasteiger partial charge in [-0.2, -0.15) is 0 Å². The summed E-state index contributed by atoms with van der Waals surface area (Å²) in [5.41, 5.74) is 2.25. The summed E-state index contributed by atoms with van der Waals surface area (Å²) in [6, 6.07) is 22.3. The molecule has 4 rings (SSSR count). The van der Waals surface area contributed by atoms with Crippen LogP contribution in [-0.4, -0.2) is 38.3 Å². The van der Waals surface area contributed by atoms with Gasteiger partial charge >= 0.3 is 0 Å². The molecule has 0 bridgehead atoms. The number of benzene rings is 3. The van der Waals surface area contributed by atoms with Crippen molar-refractivity contribution >= 4 is 22.4 Å². The van der Waals surface area contributed by atoms with Crippen molar-refractivity contribution in [2.75, 3.05) is 31.2 Å². The van der Waals surface area contributed by atoms with Gasteiger partial charge in [-0.1, -0.05) is 42.5 Å². The van der Waals surface area contributed by atoms with Crippen LogP contribution in [0.3, 0.4) is 0 Å². The van der Waals surface area contributed by atoms with E-state index < -0.39 is 6.10 Å². The molecule has 1 unspecified atom stereocenters. The Morgan fingerprint density at radius 3 is 2.52 bits per heavy atom. The molecule has 150 valence electrons. The molecule has 0 saturated carbocycles. The van der Waals surface area contributed by atoms with Crippen LogP contribution in [0.15, 0.2) is 66.7 Å². The van der Waals surface area contributed by atoms with Gasteiger partial charge < -0.3 is 19.7 Å². The van der Waals surface area contributed by atoms with Crippen molar-refractivity contribution in [3.63, 3.8) is 0 Å². The third-order valence-electron chi connectivity index (χ3n) is 5.18. The Morgan fingerprint density at radius 1 is 1.03 bits per heavy atom. The number of fused-ring (bicyclic) bond motifs is 1. The average Bonchev–Trinajstić information content (AvgIpc) is 2.78. The van der Waals surface area contributed by atoms with Gasteiger partial charge in [0, 0.05) is 25.3 Å². The average molecular weight is 390 g/mol. The zero-order chi connectivity index (χ0) is 20.1. The monoisotopic (exact) mass is 390 g/mol. The van der Waals surface area contributed by atoms with E-state index in [-0.39, 0.29) is 5.91 Å². The predicted molar refractivity (Wildman–Crippen MR) is 115 cm³/mol. The molecule has 1 fully saturated rings. The summed E-state index contributed by atoms with van der Waals surface area (Å²) < 4.78 is 11.2. The molecule has 1 aliphatic rings. The minimum atomic E-state index is -0.566. The van der Waals surface area contributed by atoms with E-state index in [1.165, 1.54) is 5.69 Å². The molecule has 0 aliphatic carbocycles. The first-order valence-electron chi connectivity index (χ1n) is 10.0. The van der Waals surface area contributed by atoms with Crippen LogP contribution >= 0.6 is 0 Å². The standard InChI is InChI=1S/C24H26N2O3/c1-18(29-23-11-8-20-4-2-3-5-21(20)16-23)24(27)25-17-19-6-9-22(10-7-19)26-12-14-28-15-13-26/h2-11,16,18H,12-15,17H2,1H3,(H,25,27). The Hall–Kier alpha value is -3.05. The summed E-state index contributed by atoms with van der Waals surface area (Å²) in [6.07, 6.45) is -0.566. The Morgan fingerprint density at radius 2 is 1.76 bits per heavy atom. The van der Waals surface area contributed by atoms with Gasteiger partial charge in [0.15, 0.2) is 6.10 Å². The fourth-order valence-electron chi connectivity index (χ4n) is 3.48. The van der Waals surface area contributed by atoms with Crippen LogP contribution in [0.25, 0.3) is 10.8 Å². The summed E-state index contributed by atoms with van der Waals surface area (Å²) in [5.74, 6) is 0.566. The number of carbonyl (C=O) groups is 1. The molecular formula is C24H26N2O3. The lowest BCUT2D eigenvalue weighted by atomic mass is 10.1. The van der Waals surface area contributed by atoms with Crippen LogP contribution in [-0.2, 0) is 16.1 Å². The van der Waals surface area contributed by atoms with Crippen LogP contribution in [0.5, 0.6) is 5.75 Å². The molecule has 1 amide bonds. The fraction of sp³-hybridized carbons (Fsp3) is 0.292. The molecule has 1 heterocycles. The maximum atomic E-state index is 12.4. The largest absolute Gasteiger partial charge is 0.481 e. The number of nitrogens with one attached hydrogen (secondary N) is 1. The van der Waals surface area contributed by atoms with Crippen LogP contribution in [0.2, 0.25) is 0 Å². The summed E-state index contributed by atoms with van der Waals surface area (Å²) in [7, 11) is 0. The molecule has 5 heteroatoms. The van der Waals surface area contributed by atoms with Crippen LogP contribution in [0.4, 0.5) is 5.69 Å². The fourth-order valence-corrected chi connectivity index (χ4v) is 3.48. The molecule has 1 N–H and O–H groups in total. The number of ether oxygens (including phenoxy) is 2. The highest BCUT2D eigenvalue weighted by Crippen LogP contribution is 2.21. The van der Waals surface area contributed by atoms with Gasteiger partial charge in [-0.15, -0.1) is 0 Å². The highest BCUT2D eigenvalue weighted by atomic mass is 16.5. The van der Waals surface area contributed by atoms with Gasteiger partial charge in [0.25, 0.3) is 5.91 Å². The number of hydrogen-bond donors (Lipinski definition) is 1. The van der Waals surface area contributed by atoms with Crippen LogP contribution in [0.1, 0.15) is 12.5 Å². The molecule has 0 aromatic heterocycles. The van der Waals surface area contributed by atoms with Crippen molar-refractivity contribution in [1.82, 2.24) is 5.32 Å². The zero-order valence-electron chi connectivity index (χ0n) is 16.6. The van der Waals surface area contributed by atoms with E-state index >= 15 is 0 Å². The van der Waals surface area contributed by atoms with E-state index in [9.17, 15) is 4.79 Å². The normalized spacial score (nSPS) is 15.1. The smallest absolute Gasteiger partial charge is 0.261 e. The molecule has 3 aromatic rings. The second kappa shape index (κ2) is 8.97. The topological polar surface area (TPSA) is 50.8 Å². The first-order valence-corrected chi connectivity index (χ1v) is 10.0. The summed E-state index contributed by atoms with van der Waals surface area (Å²) in [6.45, 7) is 5.62. The Balaban J connectivity index is 1.30. The van der Waals surface area contributed by atoms with Gasteiger partial charge in [0.2, 0.25) is 0 Å². The van der Waals surface area contributed by atoms with Crippen molar-refractivity contribution in [1.29, 1.82) is 0 Å². The lowest BCUT2D eigenvalue weighted by Crippen LogP contribution is -2.36. The number of morpholine rings is 1. The maximum absolute atomic E-state index is 12.4. The first-order chi connectivity index (χ1) is 14.2. The summed E-state index contributed by atoms with van der Waals surface area (Å²) >= 11 is 0. The minimum absolute atomic E-state index is 0.129. The molecule has 1 aliphatic heterocycles. The number of carbonyl (C=O) groups excluding carboxylic acids is 1. The van der Waals surface area contributed by atoms with Crippen molar-refractivity contribution in [3.8, 4) is 5.75 Å². The van der Waals surface area contributed by atoms with E-state index in [1.807, 2.05) is 36.4 Å². The molecular weight excluding hydrogens is 364 g/mol. The van der Waals surface area contributed by atoms with Crippen molar-refractivity contribution < 1.29 is 14.3 Å². The SMILES string of the molecule is CC(Oc1ccc2ccccc2c1)C(=O)NCc1ccc(N2CCOCC2)cc1. The van der Waals surface area contributed by atoms with E-state index in [1.54, 1.807) is 6.92 Å². The molecule has 1 saturated heterocycles. The molecule has 29 heavy (non-hydrogen) atoms. The number of hydrogen-bond acceptors (Lipinski definition) is 4. The number of rotatable bonds is 6. The number of nitrogens with zero attached hydrogens (tertiary/aromatic N) is 1. The quantitative estimate of drug-likeness (QED) is 0.696. The van der Waals surface area contributed by atoms with E-state index in [0.717, 1.165) is 42.6 Å². The van der Waals surface area contributed by atoms with Crippen molar-refractivity contribution in [3.05, 3.63) is 72.3 Å². The van der Waals surface area contributed by atoms with Gasteiger partial charge in [-0.3, -0.25) is 4.79 Å². The molecule has 5 nitrogen and oxygen atoms in total. The second-order valence-electron chi connectivity index (χ2n) is 7.25. The highest BCUT2D eigenvalue weighted by molar-refractivity contribution is 5.84. The van der Waals surface area contributed by atoms with Gasteiger partial charge in [0.1, 0.15) is 5.75 Å². The summed E-state index contributed by atoms with van der Waals surface area (Å²) in [5, 5.41) is 5.20. The van der Waals surface area contributed by atoms with Crippen molar-refractivity contribution in [2.24, 2.45) is 0 Å². The third kappa shape index (κ3) is 4.87. The van der Waals surface area contributed by atoms with E-state index in [4.69, 9.17) is 9.47 Å². The zero-order valence-corrected chi connectivity index (χ0v) is 16.6. The summed E-state index contributed by atoms with van der Waals surface area (Å²) in [4.78, 5) is 14.8. The molecule has 0 radical (unpaired) electrons. The van der Waals surface area contributed by atoms with Gasteiger partial charge in [-0.05, 0) is 47.5 Å². The Labute approximate surface area is 171 Å². The highest BCUT2D eigenvalue weighted by Gasteiger charge is 2.15. The third-order valence-corrected chi connectivity index (χ3v) is 5.18. The molecule has 0 spiro atoms. The number of amides is 1. The Bertz CT molecular complexity index is 965. The maximum Gasteiger partial charge on any atom is 0.261 e. The number of anilines is 1.